The first-order valence-corrected chi connectivity index (χ1v) is 9.68. The molecule has 0 aliphatic rings. The molecule has 2 N–H and O–H groups in total. The number of rotatable bonds is 4. The maximum Gasteiger partial charge on any atom is 0.344 e. The summed E-state index contributed by atoms with van der Waals surface area (Å²) in [5.74, 6) is 0.472. The van der Waals surface area contributed by atoms with Crippen LogP contribution in [0.1, 0.15) is 36.7 Å². The van der Waals surface area contributed by atoms with Crippen LogP contribution >= 0.6 is 0 Å². The molecule has 0 atom stereocenters. The number of hydrogen-bond donors (Lipinski definition) is 1. The van der Waals surface area contributed by atoms with Crippen LogP contribution in [0.5, 0.6) is 5.75 Å². The predicted octanol–water partition coefficient (Wildman–Crippen LogP) is 4.18. The SMILES string of the molecule is COc1ccccc1Cn1c(N)c(C(=O)OC(C)(C)C)c2nc3ccccc3nc21. The van der Waals surface area contributed by atoms with Crippen molar-refractivity contribution < 1.29 is 14.3 Å². The zero-order valence-corrected chi connectivity index (χ0v) is 17.5. The third-order valence-electron chi connectivity index (χ3n) is 4.72. The molecule has 0 spiro atoms. The van der Waals surface area contributed by atoms with Gasteiger partial charge in [0, 0.05) is 5.56 Å². The fourth-order valence-electron chi connectivity index (χ4n) is 3.41. The highest BCUT2D eigenvalue weighted by molar-refractivity contribution is 6.08. The van der Waals surface area contributed by atoms with Gasteiger partial charge in [0.15, 0.2) is 5.65 Å². The van der Waals surface area contributed by atoms with Crippen LogP contribution in [-0.4, -0.2) is 33.2 Å². The van der Waals surface area contributed by atoms with E-state index in [0.717, 1.165) is 16.8 Å². The summed E-state index contributed by atoms with van der Waals surface area (Å²) >= 11 is 0. The van der Waals surface area contributed by atoms with Gasteiger partial charge in [0.2, 0.25) is 0 Å². The molecule has 7 nitrogen and oxygen atoms in total. The molecule has 0 fully saturated rings. The van der Waals surface area contributed by atoms with Gasteiger partial charge < -0.3 is 19.8 Å². The average molecular weight is 404 g/mol. The number of ether oxygens (including phenoxy) is 2. The molecule has 7 heteroatoms. The molecule has 0 saturated heterocycles. The van der Waals surface area contributed by atoms with Crippen molar-refractivity contribution in [1.29, 1.82) is 0 Å². The minimum atomic E-state index is -0.662. The van der Waals surface area contributed by atoms with Crippen LogP contribution in [0.3, 0.4) is 0 Å². The number of nitrogens with zero attached hydrogens (tertiary/aromatic N) is 3. The summed E-state index contributed by atoms with van der Waals surface area (Å²) in [6.45, 7) is 5.82. The first-order chi connectivity index (χ1) is 14.3. The van der Waals surface area contributed by atoms with Gasteiger partial charge in [0.05, 0.1) is 24.7 Å². The standard InChI is InChI=1S/C23H24N4O3/c1-23(2,3)30-22(28)18-19-21(26-16-11-7-6-10-15(16)25-19)27(20(18)24)13-14-9-5-8-12-17(14)29-4/h5-12H,13,24H2,1-4H3. The highest BCUT2D eigenvalue weighted by Crippen LogP contribution is 2.31. The molecule has 154 valence electrons. The minimum Gasteiger partial charge on any atom is -0.496 e. The Hall–Kier alpha value is -3.61. The number of fused-ring (bicyclic) bond motifs is 2. The maximum atomic E-state index is 13.0. The molecule has 2 aromatic heterocycles. The van der Waals surface area contributed by atoms with E-state index in [1.165, 1.54) is 0 Å². The highest BCUT2D eigenvalue weighted by atomic mass is 16.6. The van der Waals surface area contributed by atoms with Crippen LogP contribution in [0.2, 0.25) is 0 Å². The van der Waals surface area contributed by atoms with Crippen molar-refractivity contribution in [1.82, 2.24) is 14.5 Å². The Balaban J connectivity index is 1.96. The number of carbonyl (C=O) groups excluding carboxylic acids is 1. The Morgan fingerprint density at radius 3 is 2.33 bits per heavy atom. The van der Waals surface area contributed by atoms with E-state index in [0.29, 0.717) is 23.2 Å². The molecule has 0 bridgehead atoms. The third kappa shape index (κ3) is 3.54. The number of benzene rings is 2. The van der Waals surface area contributed by atoms with Crippen LogP contribution < -0.4 is 10.5 Å². The number of para-hydroxylation sites is 3. The zero-order chi connectivity index (χ0) is 21.5. The summed E-state index contributed by atoms with van der Waals surface area (Å²) in [6, 6.07) is 15.2. The molecule has 0 aliphatic heterocycles. The van der Waals surface area contributed by atoms with Crippen molar-refractivity contribution in [2.75, 3.05) is 12.8 Å². The fourth-order valence-corrected chi connectivity index (χ4v) is 3.41. The smallest absolute Gasteiger partial charge is 0.344 e. The molecule has 2 heterocycles. The van der Waals surface area contributed by atoms with Gasteiger partial charge >= 0.3 is 5.97 Å². The topological polar surface area (TPSA) is 92.3 Å². The first kappa shape index (κ1) is 19.7. The van der Waals surface area contributed by atoms with E-state index < -0.39 is 11.6 Å². The van der Waals surface area contributed by atoms with Crippen LogP contribution in [0.4, 0.5) is 5.82 Å². The van der Waals surface area contributed by atoms with Crippen molar-refractivity contribution >= 4 is 34.0 Å². The van der Waals surface area contributed by atoms with E-state index in [1.54, 1.807) is 11.7 Å². The molecule has 0 unspecified atom stereocenters. The average Bonchev–Trinajstić information content (AvgIpc) is 2.96. The molecular weight excluding hydrogens is 380 g/mol. The second kappa shape index (κ2) is 7.33. The molecule has 0 saturated carbocycles. The van der Waals surface area contributed by atoms with E-state index in [2.05, 4.69) is 0 Å². The summed E-state index contributed by atoms with van der Waals surface area (Å²) in [5, 5.41) is 0. The first-order valence-electron chi connectivity index (χ1n) is 9.68. The van der Waals surface area contributed by atoms with Crippen molar-refractivity contribution in [2.24, 2.45) is 0 Å². The lowest BCUT2D eigenvalue weighted by Crippen LogP contribution is -2.24. The molecule has 0 radical (unpaired) electrons. The predicted molar refractivity (Wildman–Crippen MR) is 117 cm³/mol. The van der Waals surface area contributed by atoms with E-state index in [4.69, 9.17) is 25.2 Å². The molecule has 0 amide bonds. The lowest BCUT2D eigenvalue weighted by atomic mass is 10.2. The van der Waals surface area contributed by atoms with Gasteiger partial charge in [-0.25, -0.2) is 14.8 Å². The molecular formula is C23H24N4O3. The van der Waals surface area contributed by atoms with Gasteiger partial charge in [-0.1, -0.05) is 30.3 Å². The van der Waals surface area contributed by atoms with Gasteiger partial charge in [-0.2, -0.15) is 0 Å². The number of aromatic nitrogens is 3. The van der Waals surface area contributed by atoms with Crippen LogP contribution in [-0.2, 0) is 11.3 Å². The largest absolute Gasteiger partial charge is 0.496 e. The van der Waals surface area contributed by atoms with Crippen LogP contribution in [0.25, 0.3) is 22.2 Å². The Kier molecular flexibility index (Phi) is 4.81. The summed E-state index contributed by atoms with van der Waals surface area (Å²) in [6.07, 6.45) is 0. The Morgan fingerprint density at radius 1 is 1.03 bits per heavy atom. The number of nitrogen functional groups attached to an aromatic ring is 1. The van der Waals surface area contributed by atoms with Gasteiger partial charge in [0.1, 0.15) is 28.2 Å². The van der Waals surface area contributed by atoms with Gasteiger partial charge in [-0.3, -0.25) is 0 Å². The lowest BCUT2D eigenvalue weighted by molar-refractivity contribution is 0.00727. The highest BCUT2D eigenvalue weighted by Gasteiger charge is 2.28. The summed E-state index contributed by atoms with van der Waals surface area (Å²) in [7, 11) is 1.62. The van der Waals surface area contributed by atoms with Gasteiger partial charge in [-0.15, -0.1) is 0 Å². The molecule has 2 aromatic carbocycles. The number of esters is 1. The molecule has 4 aromatic rings. The molecule has 4 rings (SSSR count). The van der Waals surface area contributed by atoms with Crippen molar-refractivity contribution in [3.8, 4) is 5.75 Å². The number of methoxy groups -OCH3 is 1. The Morgan fingerprint density at radius 2 is 1.67 bits per heavy atom. The second-order valence-corrected chi connectivity index (χ2v) is 8.04. The number of anilines is 1. The maximum absolute atomic E-state index is 13.0. The minimum absolute atomic E-state index is 0.230. The third-order valence-corrected chi connectivity index (χ3v) is 4.72. The zero-order valence-electron chi connectivity index (χ0n) is 17.5. The van der Waals surface area contributed by atoms with Crippen LogP contribution in [0.15, 0.2) is 48.5 Å². The van der Waals surface area contributed by atoms with Crippen molar-refractivity contribution in [2.45, 2.75) is 32.9 Å². The number of carbonyl (C=O) groups is 1. The quantitative estimate of drug-likeness (QED) is 0.513. The summed E-state index contributed by atoms with van der Waals surface area (Å²) < 4.78 is 12.9. The molecule has 30 heavy (non-hydrogen) atoms. The Labute approximate surface area is 174 Å². The summed E-state index contributed by atoms with van der Waals surface area (Å²) in [5.41, 5.74) is 9.32. The monoisotopic (exact) mass is 404 g/mol. The van der Waals surface area contributed by atoms with E-state index >= 15 is 0 Å². The number of hydrogen-bond acceptors (Lipinski definition) is 6. The Bertz CT molecular complexity index is 1250. The van der Waals surface area contributed by atoms with Crippen molar-refractivity contribution in [3.63, 3.8) is 0 Å². The van der Waals surface area contributed by atoms with Gasteiger partial charge in [0.25, 0.3) is 0 Å². The number of nitrogens with two attached hydrogens (primary N) is 1. The normalized spacial score (nSPS) is 11.7. The van der Waals surface area contributed by atoms with E-state index in [1.807, 2.05) is 69.3 Å². The summed E-state index contributed by atoms with van der Waals surface area (Å²) in [4.78, 5) is 22.5. The van der Waals surface area contributed by atoms with E-state index in [-0.39, 0.29) is 11.4 Å². The fraction of sp³-hybridized carbons (Fsp3) is 0.261. The molecule has 0 aliphatic carbocycles. The van der Waals surface area contributed by atoms with E-state index in [9.17, 15) is 4.79 Å². The van der Waals surface area contributed by atoms with Crippen LogP contribution in [0, 0.1) is 0 Å². The van der Waals surface area contributed by atoms with Gasteiger partial charge in [-0.05, 0) is 39.0 Å². The van der Waals surface area contributed by atoms with Crippen molar-refractivity contribution in [3.05, 3.63) is 59.7 Å². The lowest BCUT2D eigenvalue weighted by Gasteiger charge is -2.19. The second-order valence-electron chi connectivity index (χ2n) is 8.04.